The number of amides is 2. The summed E-state index contributed by atoms with van der Waals surface area (Å²) in [4.78, 5) is 35.9. The van der Waals surface area contributed by atoms with Gasteiger partial charge in [0.15, 0.2) is 0 Å². The standard InChI is InChI=1S/C31H46N4O3/c1-7-32(8-2)23-30(37)34-20-19-33(24(3)4)17-10-18-35(31-25(5)11-9-12-27(31)22-34)29(36)21-26-13-15-28(38-6)16-14-26/h9,11-16,24H,7-8,10,17-23H2,1-6H3. The Balaban J connectivity index is 1.97. The van der Waals surface area contributed by atoms with Crippen LogP contribution in [0, 0.1) is 6.92 Å². The predicted octanol–water partition coefficient (Wildman–Crippen LogP) is 4.36. The van der Waals surface area contributed by atoms with Crippen LogP contribution in [-0.4, -0.2) is 85.5 Å². The van der Waals surface area contributed by atoms with Gasteiger partial charge in [-0.3, -0.25) is 19.4 Å². The summed E-state index contributed by atoms with van der Waals surface area (Å²) in [7, 11) is 1.64. The van der Waals surface area contributed by atoms with Crippen molar-refractivity contribution in [3.63, 3.8) is 0 Å². The van der Waals surface area contributed by atoms with E-state index in [0.717, 1.165) is 60.7 Å². The Bertz CT molecular complexity index is 1050. The van der Waals surface area contributed by atoms with E-state index in [1.807, 2.05) is 40.1 Å². The van der Waals surface area contributed by atoms with E-state index in [1.54, 1.807) is 7.11 Å². The zero-order valence-corrected chi connectivity index (χ0v) is 24.2. The number of hydrogen-bond acceptors (Lipinski definition) is 5. The van der Waals surface area contributed by atoms with Gasteiger partial charge in [0, 0.05) is 38.8 Å². The van der Waals surface area contributed by atoms with E-state index in [4.69, 9.17) is 4.74 Å². The number of benzene rings is 2. The van der Waals surface area contributed by atoms with Crippen LogP contribution in [0.2, 0.25) is 0 Å². The van der Waals surface area contributed by atoms with Crippen LogP contribution in [-0.2, 0) is 22.6 Å². The molecule has 1 aliphatic rings. The number of para-hydroxylation sites is 1. The maximum Gasteiger partial charge on any atom is 0.237 e. The number of anilines is 1. The Hall–Kier alpha value is -2.90. The Morgan fingerprint density at radius 2 is 1.66 bits per heavy atom. The van der Waals surface area contributed by atoms with E-state index < -0.39 is 0 Å². The molecule has 0 radical (unpaired) electrons. The number of nitrogens with zero attached hydrogens (tertiary/aromatic N) is 4. The molecule has 1 heterocycles. The van der Waals surface area contributed by atoms with Crippen LogP contribution in [0.25, 0.3) is 0 Å². The summed E-state index contributed by atoms with van der Waals surface area (Å²) in [6.45, 7) is 16.3. The van der Waals surface area contributed by atoms with Gasteiger partial charge < -0.3 is 14.5 Å². The Morgan fingerprint density at radius 3 is 2.29 bits per heavy atom. The zero-order chi connectivity index (χ0) is 27.7. The van der Waals surface area contributed by atoms with E-state index in [9.17, 15) is 9.59 Å². The van der Waals surface area contributed by atoms with Crippen molar-refractivity contribution in [2.24, 2.45) is 0 Å². The van der Waals surface area contributed by atoms with Crippen LogP contribution in [0.4, 0.5) is 5.69 Å². The van der Waals surface area contributed by atoms with Gasteiger partial charge in [0.2, 0.25) is 11.8 Å². The van der Waals surface area contributed by atoms with Crippen molar-refractivity contribution in [1.29, 1.82) is 0 Å². The van der Waals surface area contributed by atoms with Crippen LogP contribution < -0.4 is 9.64 Å². The van der Waals surface area contributed by atoms with Gasteiger partial charge in [-0.25, -0.2) is 0 Å². The normalized spacial score (nSPS) is 15.4. The zero-order valence-electron chi connectivity index (χ0n) is 24.2. The summed E-state index contributed by atoms with van der Waals surface area (Å²) in [5, 5.41) is 0. The third-order valence-electron chi connectivity index (χ3n) is 7.59. The molecule has 0 saturated carbocycles. The third kappa shape index (κ3) is 7.81. The van der Waals surface area contributed by atoms with Crippen LogP contribution in [0.15, 0.2) is 42.5 Å². The van der Waals surface area contributed by atoms with E-state index in [1.165, 1.54) is 0 Å². The Morgan fingerprint density at radius 1 is 0.947 bits per heavy atom. The topological polar surface area (TPSA) is 56.3 Å². The average Bonchev–Trinajstić information content (AvgIpc) is 2.94. The lowest BCUT2D eigenvalue weighted by Crippen LogP contribution is -2.44. The van der Waals surface area contributed by atoms with E-state index in [2.05, 4.69) is 56.6 Å². The number of hydrogen-bond donors (Lipinski definition) is 0. The second-order valence-electron chi connectivity index (χ2n) is 10.4. The van der Waals surface area contributed by atoms with Gasteiger partial charge in [0.05, 0.1) is 25.8 Å². The van der Waals surface area contributed by atoms with Crippen molar-refractivity contribution < 1.29 is 14.3 Å². The highest BCUT2D eigenvalue weighted by Crippen LogP contribution is 2.29. The molecular weight excluding hydrogens is 476 g/mol. The highest BCUT2D eigenvalue weighted by Gasteiger charge is 2.26. The van der Waals surface area contributed by atoms with Crippen LogP contribution in [0.5, 0.6) is 5.75 Å². The second-order valence-corrected chi connectivity index (χ2v) is 10.4. The maximum atomic E-state index is 13.8. The van der Waals surface area contributed by atoms with E-state index in [-0.39, 0.29) is 11.8 Å². The maximum absolute atomic E-state index is 13.8. The molecule has 0 aromatic heterocycles. The molecule has 0 unspecified atom stereocenters. The summed E-state index contributed by atoms with van der Waals surface area (Å²) in [6.07, 6.45) is 1.18. The third-order valence-corrected chi connectivity index (χ3v) is 7.59. The lowest BCUT2D eigenvalue weighted by molar-refractivity contribution is -0.133. The average molecular weight is 523 g/mol. The van der Waals surface area contributed by atoms with Gasteiger partial charge >= 0.3 is 0 Å². The molecular formula is C31H46N4O3. The molecule has 0 bridgehead atoms. The van der Waals surface area contributed by atoms with Crippen LogP contribution in [0.3, 0.4) is 0 Å². The predicted molar refractivity (Wildman–Crippen MR) is 155 cm³/mol. The first-order chi connectivity index (χ1) is 18.3. The highest BCUT2D eigenvalue weighted by atomic mass is 16.5. The quantitative estimate of drug-likeness (QED) is 0.516. The van der Waals surface area contributed by atoms with Gasteiger partial charge in [0.1, 0.15) is 5.75 Å². The fourth-order valence-electron chi connectivity index (χ4n) is 5.15. The van der Waals surface area contributed by atoms with Crippen molar-refractivity contribution in [3.8, 4) is 5.75 Å². The van der Waals surface area contributed by atoms with E-state index >= 15 is 0 Å². The number of carbonyl (C=O) groups excluding carboxylic acids is 2. The molecule has 1 aliphatic heterocycles. The molecule has 0 N–H and O–H groups in total. The first kappa shape index (κ1) is 29.7. The molecule has 0 atom stereocenters. The number of rotatable bonds is 8. The number of methoxy groups -OCH3 is 1. The monoisotopic (exact) mass is 522 g/mol. The van der Waals surface area contributed by atoms with Gasteiger partial charge in [-0.2, -0.15) is 0 Å². The van der Waals surface area contributed by atoms with Gasteiger partial charge in [-0.05, 0) is 69.1 Å². The van der Waals surface area contributed by atoms with Crippen molar-refractivity contribution in [1.82, 2.24) is 14.7 Å². The minimum atomic E-state index is 0.0714. The largest absolute Gasteiger partial charge is 0.497 e. The van der Waals surface area contributed by atoms with Gasteiger partial charge in [-0.1, -0.05) is 44.2 Å². The van der Waals surface area contributed by atoms with Gasteiger partial charge in [-0.15, -0.1) is 0 Å². The summed E-state index contributed by atoms with van der Waals surface area (Å²) in [5.74, 6) is 0.989. The fraction of sp³-hybridized carbons (Fsp3) is 0.548. The summed E-state index contributed by atoms with van der Waals surface area (Å²) >= 11 is 0. The van der Waals surface area contributed by atoms with Crippen molar-refractivity contribution in [3.05, 3.63) is 59.2 Å². The lowest BCUT2D eigenvalue weighted by atomic mass is 10.0. The SMILES string of the molecule is CCN(CC)CC(=O)N1CCN(C(C)C)CCCN(C(=O)Cc2ccc(OC)cc2)c2c(C)cccc2C1. The minimum absolute atomic E-state index is 0.0714. The summed E-state index contributed by atoms with van der Waals surface area (Å²) in [6, 6.07) is 14.2. The summed E-state index contributed by atoms with van der Waals surface area (Å²) in [5.41, 5.74) is 3.99. The van der Waals surface area contributed by atoms with Crippen LogP contribution in [0.1, 0.15) is 50.8 Å². The molecule has 0 saturated heterocycles. The summed E-state index contributed by atoms with van der Waals surface area (Å²) < 4.78 is 5.28. The lowest BCUT2D eigenvalue weighted by Gasteiger charge is -2.31. The fourth-order valence-corrected chi connectivity index (χ4v) is 5.15. The smallest absolute Gasteiger partial charge is 0.237 e. The van der Waals surface area contributed by atoms with Crippen LogP contribution >= 0.6 is 0 Å². The van der Waals surface area contributed by atoms with Crippen molar-refractivity contribution in [2.45, 2.75) is 60.0 Å². The molecule has 2 amide bonds. The molecule has 0 fully saturated rings. The number of ether oxygens (including phenoxy) is 1. The van der Waals surface area contributed by atoms with Crippen molar-refractivity contribution in [2.75, 3.05) is 57.8 Å². The first-order valence-electron chi connectivity index (χ1n) is 14.0. The molecule has 0 spiro atoms. The number of aryl methyl sites for hydroxylation is 1. The molecule has 7 heteroatoms. The molecule has 3 rings (SSSR count). The number of carbonyl (C=O) groups is 2. The number of fused-ring (bicyclic) bond motifs is 1. The molecule has 2 aromatic carbocycles. The molecule has 2 aromatic rings. The second kappa shape index (κ2) is 14.3. The van der Waals surface area contributed by atoms with Gasteiger partial charge in [0.25, 0.3) is 0 Å². The number of likely N-dealkylation sites (N-methyl/N-ethyl adjacent to an activating group) is 1. The molecule has 0 aliphatic carbocycles. The molecule has 208 valence electrons. The van der Waals surface area contributed by atoms with E-state index in [0.29, 0.717) is 38.6 Å². The molecule has 38 heavy (non-hydrogen) atoms. The Labute approximate surface area is 229 Å². The minimum Gasteiger partial charge on any atom is -0.497 e. The van der Waals surface area contributed by atoms with Crippen molar-refractivity contribution >= 4 is 17.5 Å². The first-order valence-corrected chi connectivity index (χ1v) is 14.0. The Kier molecular flexibility index (Phi) is 11.2. The molecule has 7 nitrogen and oxygen atoms in total. The highest BCUT2D eigenvalue weighted by molar-refractivity contribution is 5.96.